The Kier molecular flexibility index (Phi) is 2.86. The standard InChI is InChI=1S/C14H14N2O2S/c1-16-13(17)11(12(19-2)14(16)18)9-7-15-10-6-4-3-5-8(9)10/h3-7,11-12,15H,1-2H3/t11-,12+/m1/s1. The summed E-state index contributed by atoms with van der Waals surface area (Å²) in [5.74, 6) is -0.606. The predicted molar refractivity (Wildman–Crippen MR) is 76.1 cm³/mol. The van der Waals surface area contributed by atoms with Crippen LogP contribution in [0.15, 0.2) is 30.5 Å². The van der Waals surface area contributed by atoms with Gasteiger partial charge in [0, 0.05) is 24.1 Å². The van der Waals surface area contributed by atoms with Gasteiger partial charge in [0.05, 0.1) is 11.2 Å². The van der Waals surface area contributed by atoms with Crippen LogP contribution in [0.25, 0.3) is 10.9 Å². The van der Waals surface area contributed by atoms with Crippen molar-refractivity contribution in [2.75, 3.05) is 13.3 Å². The van der Waals surface area contributed by atoms with Crippen LogP contribution in [0, 0.1) is 0 Å². The van der Waals surface area contributed by atoms with Crippen molar-refractivity contribution in [1.82, 2.24) is 9.88 Å². The molecule has 19 heavy (non-hydrogen) atoms. The number of hydrogen-bond acceptors (Lipinski definition) is 3. The van der Waals surface area contributed by atoms with Crippen molar-refractivity contribution in [3.05, 3.63) is 36.0 Å². The van der Waals surface area contributed by atoms with Gasteiger partial charge in [-0.3, -0.25) is 14.5 Å². The summed E-state index contributed by atoms with van der Waals surface area (Å²) >= 11 is 1.44. The largest absolute Gasteiger partial charge is 0.361 e. The number of thioether (sulfide) groups is 1. The first-order valence-electron chi connectivity index (χ1n) is 6.05. The molecule has 1 saturated heterocycles. The summed E-state index contributed by atoms with van der Waals surface area (Å²) < 4.78 is 0. The normalized spacial score (nSPS) is 23.6. The number of likely N-dealkylation sites (tertiary alicyclic amines) is 1. The Morgan fingerprint density at radius 1 is 1.21 bits per heavy atom. The lowest BCUT2D eigenvalue weighted by atomic mass is 9.96. The van der Waals surface area contributed by atoms with Gasteiger partial charge in [-0.2, -0.15) is 11.8 Å². The number of hydrogen-bond donors (Lipinski definition) is 1. The van der Waals surface area contributed by atoms with Crippen LogP contribution in [0.1, 0.15) is 11.5 Å². The van der Waals surface area contributed by atoms with Crippen LogP contribution in [-0.2, 0) is 9.59 Å². The van der Waals surface area contributed by atoms with Crippen molar-refractivity contribution in [2.24, 2.45) is 0 Å². The molecule has 1 aliphatic heterocycles. The van der Waals surface area contributed by atoms with Gasteiger partial charge >= 0.3 is 0 Å². The second-order valence-corrected chi connectivity index (χ2v) is 5.64. The minimum atomic E-state index is -0.386. The average Bonchev–Trinajstić information content (AvgIpc) is 2.93. The number of carbonyl (C=O) groups is 2. The molecule has 2 amide bonds. The van der Waals surface area contributed by atoms with Crippen molar-refractivity contribution < 1.29 is 9.59 Å². The Balaban J connectivity index is 2.15. The van der Waals surface area contributed by atoms with E-state index in [-0.39, 0.29) is 23.0 Å². The molecular weight excluding hydrogens is 260 g/mol. The van der Waals surface area contributed by atoms with Crippen molar-refractivity contribution in [3.63, 3.8) is 0 Å². The van der Waals surface area contributed by atoms with Crippen LogP contribution in [0.5, 0.6) is 0 Å². The molecule has 1 aromatic carbocycles. The number of fused-ring (bicyclic) bond motifs is 1. The van der Waals surface area contributed by atoms with Crippen LogP contribution in [0.3, 0.4) is 0 Å². The molecule has 1 N–H and O–H groups in total. The number of carbonyl (C=O) groups excluding carboxylic acids is 2. The highest BCUT2D eigenvalue weighted by atomic mass is 32.2. The summed E-state index contributed by atoms with van der Waals surface area (Å²) in [7, 11) is 1.56. The van der Waals surface area contributed by atoms with Gasteiger partial charge in [0.1, 0.15) is 0 Å². The number of H-pyrrole nitrogens is 1. The summed E-state index contributed by atoms with van der Waals surface area (Å²) in [6.07, 6.45) is 3.72. The molecule has 2 atom stereocenters. The Bertz CT molecular complexity index is 664. The van der Waals surface area contributed by atoms with E-state index in [1.165, 1.54) is 16.7 Å². The number of likely N-dealkylation sites (N-methyl/N-ethyl adjacent to an activating group) is 1. The molecule has 98 valence electrons. The van der Waals surface area contributed by atoms with Crippen LogP contribution >= 0.6 is 11.8 Å². The molecule has 0 spiro atoms. The van der Waals surface area contributed by atoms with Gasteiger partial charge < -0.3 is 4.98 Å². The monoisotopic (exact) mass is 274 g/mol. The van der Waals surface area contributed by atoms with Crippen LogP contribution in [-0.4, -0.2) is 40.3 Å². The Labute approximate surface area is 115 Å². The lowest BCUT2D eigenvalue weighted by Gasteiger charge is -2.12. The molecule has 2 aromatic rings. The molecule has 0 unspecified atom stereocenters. The number of aromatic amines is 1. The zero-order chi connectivity index (χ0) is 13.6. The summed E-state index contributed by atoms with van der Waals surface area (Å²) in [6.45, 7) is 0. The number of benzene rings is 1. The number of para-hydroxylation sites is 1. The van der Waals surface area contributed by atoms with E-state index in [1.807, 2.05) is 36.7 Å². The van der Waals surface area contributed by atoms with E-state index in [4.69, 9.17) is 0 Å². The quantitative estimate of drug-likeness (QED) is 0.852. The van der Waals surface area contributed by atoms with Crippen molar-refractivity contribution in [2.45, 2.75) is 11.2 Å². The van der Waals surface area contributed by atoms with Gasteiger partial charge in [0.2, 0.25) is 11.8 Å². The number of imide groups is 1. The summed E-state index contributed by atoms with van der Waals surface area (Å²) in [4.78, 5) is 28.8. The van der Waals surface area contributed by atoms with Crippen molar-refractivity contribution in [1.29, 1.82) is 0 Å². The molecule has 5 heteroatoms. The maximum Gasteiger partial charge on any atom is 0.243 e. The first-order valence-corrected chi connectivity index (χ1v) is 7.34. The molecule has 0 saturated carbocycles. The lowest BCUT2D eigenvalue weighted by molar-refractivity contribution is -0.136. The summed E-state index contributed by atoms with van der Waals surface area (Å²) in [5.41, 5.74) is 1.91. The van der Waals surface area contributed by atoms with Crippen LogP contribution in [0.2, 0.25) is 0 Å². The number of amides is 2. The predicted octanol–water partition coefficient (Wildman–Crippen LogP) is 1.98. The second kappa shape index (κ2) is 4.42. The van der Waals surface area contributed by atoms with Crippen molar-refractivity contribution in [3.8, 4) is 0 Å². The van der Waals surface area contributed by atoms with Crippen LogP contribution in [0.4, 0.5) is 0 Å². The van der Waals surface area contributed by atoms with Gasteiger partial charge in [0.15, 0.2) is 0 Å². The highest BCUT2D eigenvalue weighted by molar-refractivity contribution is 8.00. The van der Waals surface area contributed by atoms with Crippen molar-refractivity contribution >= 4 is 34.5 Å². The van der Waals surface area contributed by atoms with Gasteiger partial charge in [-0.05, 0) is 17.9 Å². The molecule has 0 aliphatic carbocycles. The summed E-state index contributed by atoms with van der Waals surface area (Å²) in [5, 5.41) is 0.694. The topological polar surface area (TPSA) is 53.2 Å². The zero-order valence-corrected chi connectivity index (χ0v) is 11.5. The first kappa shape index (κ1) is 12.3. The molecule has 3 rings (SSSR count). The fourth-order valence-electron chi connectivity index (χ4n) is 2.66. The number of nitrogens with one attached hydrogen (secondary N) is 1. The molecule has 1 aromatic heterocycles. The van der Waals surface area contributed by atoms with Gasteiger partial charge in [-0.15, -0.1) is 0 Å². The highest BCUT2D eigenvalue weighted by Gasteiger charge is 2.46. The highest BCUT2D eigenvalue weighted by Crippen LogP contribution is 2.38. The molecule has 1 fully saturated rings. The second-order valence-electron chi connectivity index (χ2n) is 4.66. The summed E-state index contributed by atoms with van der Waals surface area (Å²) in [6, 6.07) is 7.84. The fourth-order valence-corrected chi connectivity index (χ4v) is 3.56. The Hall–Kier alpha value is -1.75. The van der Waals surface area contributed by atoms with E-state index in [2.05, 4.69) is 4.98 Å². The Morgan fingerprint density at radius 3 is 2.68 bits per heavy atom. The Morgan fingerprint density at radius 2 is 1.95 bits per heavy atom. The van der Waals surface area contributed by atoms with E-state index in [9.17, 15) is 9.59 Å². The molecule has 0 radical (unpaired) electrons. The smallest absolute Gasteiger partial charge is 0.243 e. The average molecular weight is 274 g/mol. The van der Waals surface area contributed by atoms with E-state index in [0.29, 0.717) is 0 Å². The minimum absolute atomic E-state index is 0.104. The van der Waals surface area contributed by atoms with Gasteiger partial charge in [-0.1, -0.05) is 18.2 Å². The van der Waals surface area contributed by atoms with E-state index in [0.717, 1.165) is 16.5 Å². The number of aromatic nitrogens is 1. The fraction of sp³-hybridized carbons (Fsp3) is 0.286. The number of rotatable bonds is 2. The lowest BCUT2D eigenvalue weighted by Crippen LogP contribution is -2.26. The molecule has 0 bridgehead atoms. The third-order valence-electron chi connectivity index (χ3n) is 3.68. The third-order valence-corrected chi connectivity index (χ3v) is 4.67. The van der Waals surface area contributed by atoms with Crippen LogP contribution < -0.4 is 0 Å². The maximum atomic E-state index is 12.3. The first-order chi connectivity index (χ1) is 9.15. The van der Waals surface area contributed by atoms with Gasteiger partial charge in [0.25, 0.3) is 0 Å². The molecule has 1 aliphatic rings. The molecular formula is C14H14N2O2S. The molecule has 4 nitrogen and oxygen atoms in total. The third kappa shape index (κ3) is 1.69. The van der Waals surface area contributed by atoms with E-state index in [1.54, 1.807) is 7.05 Å². The minimum Gasteiger partial charge on any atom is -0.361 e. The van der Waals surface area contributed by atoms with Gasteiger partial charge in [-0.25, -0.2) is 0 Å². The maximum absolute atomic E-state index is 12.3. The SMILES string of the molecule is CS[C@@H]1C(=O)N(C)C(=O)[C@@H]1c1c[nH]c2ccccc12. The number of nitrogens with zero attached hydrogens (tertiary/aromatic N) is 1. The van der Waals surface area contributed by atoms with E-state index < -0.39 is 0 Å². The van der Waals surface area contributed by atoms with E-state index >= 15 is 0 Å². The molecule has 2 heterocycles. The zero-order valence-electron chi connectivity index (χ0n) is 10.7.